The third-order valence-corrected chi connectivity index (χ3v) is 1.91. The van der Waals surface area contributed by atoms with Crippen LogP contribution in [0.4, 0.5) is 0 Å². The topological polar surface area (TPSA) is 40.9 Å². The zero-order chi connectivity index (χ0) is 9.68. The number of hydrogen-bond donors (Lipinski definition) is 1. The van der Waals surface area contributed by atoms with Crippen LogP contribution in [-0.2, 0) is 6.42 Å². The van der Waals surface area contributed by atoms with Crippen molar-refractivity contribution in [1.82, 2.24) is 0 Å². The molecule has 2 heteroatoms. The Bertz CT molecular complexity index is 300. The minimum atomic E-state index is -0.233. The molecule has 1 aromatic rings. The molecule has 0 aliphatic carbocycles. The quantitative estimate of drug-likeness (QED) is 0.554. The van der Waals surface area contributed by atoms with Gasteiger partial charge in [-0.1, -0.05) is 37.6 Å². The van der Waals surface area contributed by atoms with Crippen LogP contribution < -0.4 is 0 Å². The number of rotatable bonds is 4. The Morgan fingerprint density at radius 2 is 2.00 bits per heavy atom. The molecule has 0 radical (unpaired) electrons. The number of hydrogen-bond acceptors (Lipinski definition) is 2. The molecular formula is C11H13NO. The lowest BCUT2D eigenvalue weighted by atomic mass is 10.1. The number of carbonyl (C=O) groups is 1. The molecule has 68 valence electrons. The Morgan fingerprint density at radius 1 is 1.38 bits per heavy atom. The van der Waals surface area contributed by atoms with Gasteiger partial charge in [-0.25, -0.2) is 0 Å². The molecule has 0 heterocycles. The van der Waals surface area contributed by atoms with Crippen molar-refractivity contribution in [2.45, 2.75) is 19.8 Å². The van der Waals surface area contributed by atoms with Crippen LogP contribution in [0.15, 0.2) is 24.3 Å². The molecule has 13 heavy (non-hydrogen) atoms. The lowest BCUT2D eigenvalue weighted by Crippen LogP contribution is -1.98. The minimum Gasteiger partial charge on any atom is -0.305 e. The van der Waals surface area contributed by atoms with Crippen molar-refractivity contribution in [3.8, 4) is 0 Å². The van der Waals surface area contributed by atoms with E-state index in [0.717, 1.165) is 19.1 Å². The van der Waals surface area contributed by atoms with Gasteiger partial charge in [0.05, 0.1) is 6.21 Å². The van der Waals surface area contributed by atoms with Gasteiger partial charge >= 0.3 is 0 Å². The molecule has 0 amide bonds. The zero-order valence-electron chi connectivity index (χ0n) is 7.71. The number of nitrogens with one attached hydrogen (secondary N) is 1. The average molecular weight is 175 g/mol. The first-order valence-corrected chi connectivity index (χ1v) is 4.41. The lowest BCUT2D eigenvalue weighted by Gasteiger charge is -1.99. The molecule has 0 saturated carbocycles. The molecule has 0 bridgehead atoms. The maximum absolute atomic E-state index is 11.0. The van der Waals surface area contributed by atoms with Crippen molar-refractivity contribution in [3.05, 3.63) is 35.4 Å². The summed E-state index contributed by atoms with van der Waals surface area (Å²) in [4.78, 5) is 11.0. The van der Waals surface area contributed by atoms with Crippen molar-refractivity contribution in [2.75, 3.05) is 0 Å². The Morgan fingerprint density at radius 3 is 2.46 bits per heavy atom. The molecule has 2 nitrogen and oxygen atoms in total. The van der Waals surface area contributed by atoms with Gasteiger partial charge in [-0.05, 0) is 12.0 Å². The summed E-state index contributed by atoms with van der Waals surface area (Å²) in [5, 5.41) is 6.81. The fraction of sp³-hybridized carbons (Fsp3) is 0.273. The molecule has 0 fully saturated rings. The lowest BCUT2D eigenvalue weighted by molar-refractivity contribution is 0.107. The Hall–Kier alpha value is -1.44. The Kier molecular flexibility index (Phi) is 3.38. The number of aryl methyl sites for hydroxylation is 1. The summed E-state index contributed by atoms with van der Waals surface area (Å²) in [5.41, 5.74) is 1.83. The summed E-state index contributed by atoms with van der Waals surface area (Å²) >= 11 is 0. The van der Waals surface area contributed by atoms with Crippen LogP contribution >= 0.6 is 0 Å². The van der Waals surface area contributed by atoms with E-state index in [0.29, 0.717) is 5.56 Å². The molecule has 1 aromatic carbocycles. The minimum absolute atomic E-state index is 0.233. The highest BCUT2D eigenvalue weighted by Gasteiger charge is 2.00. The smallest absolute Gasteiger partial charge is 0.203 e. The highest BCUT2D eigenvalue weighted by Crippen LogP contribution is 2.06. The van der Waals surface area contributed by atoms with Crippen molar-refractivity contribution < 1.29 is 4.79 Å². The van der Waals surface area contributed by atoms with Gasteiger partial charge in [-0.15, -0.1) is 0 Å². The summed E-state index contributed by atoms with van der Waals surface area (Å²) in [5.74, 6) is -0.233. The van der Waals surface area contributed by atoms with Crippen molar-refractivity contribution >= 4 is 12.0 Å². The van der Waals surface area contributed by atoms with Gasteiger partial charge in [-0.3, -0.25) is 4.79 Å². The summed E-state index contributed by atoms with van der Waals surface area (Å²) in [6, 6.07) is 7.44. The molecule has 0 saturated heterocycles. The summed E-state index contributed by atoms with van der Waals surface area (Å²) in [7, 11) is 0. The third-order valence-electron chi connectivity index (χ3n) is 1.91. The van der Waals surface area contributed by atoms with E-state index in [-0.39, 0.29) is 5.78 Å². The van der Waals surface area contributed by atoms with Crippen LogP contribution in [0.1, 0.15) is 29.3 Å². The van der Waals surface area contributed by atoms with E-state index in [1.807, 2.05) is 12.1 Å². The first kappa shape index (κ1) is 9.65. The first-order valence-electron chi connectivity index (χ1n) is 4.41. The van der Waals surface area contributed by atoms with E-state index < -0.39 is 0 Å². The molecule has 0 aliphatic heterocycles. The largest absolute Gasteiger partial charge is 0.305 e. The maximum Gasteiger partial charge on any atom is 0.203 e. The highest BCUT2D eigenvalue weighted by atomic mass is 16.1. The first-order chi connectivity index (χ1) is 6.27. The SMILES string of the molecule is CCCc1ccc(C(=O)C=N)cc1. The van der Waals surface area contributed by atoms with Crippen LogP contribution in [0.2, 0.25) is 0 Å². The fourth-order valence-corrected chi connectivity index (χ4v) is 1.21. The predicted molar refractivity (Wildman–Crippen MR) is 53.6 cm³/mol. The molecule has 0 aromatic heterocycles. The third kappa shape index (κ3) is 2.51. The van der Waals surface area contributed by atoms with E-state index in [1.165, 1.54) is 5.56 Å². The van der Waals surface area contributed by atoms with Crippen LogP contribution in [0.25, 0.3) is 0 Å². The van der Waals surface area contributed by atoms with Crippen LogP contribution in [-0.4, -0.2) is 12.0 Å². The average Bonchev–Trinajstić information content (AvgIpc) is 2.18. The predicted octanol–water partition coefficient (Wildman–Crippen LogP) is 2.47. The van der Waals surface area contributed by atoms with Gasteiger partial charge in [0.25, 0.3) is 0 Å². The van der Waals surface area contributed by atoms with Gasteiger partial charge in [-0.2, -0.15) is 0 Å². The Balaban J connectivity index is 2.80. The summed E-state index contributed by atoms with van der Waals surface area (Å²) in [6.45, 7) is 2.12. The van der Waals surface area contributed by atoms with Gasteiger partial charge in [0.1, 0.15) is 0 Å². The highest BCUT2D eigenvalue weighted by molar-refractivity contribution is 6.34. The van der Waals surface area contributed by atoms with Gasteiger partial charge in [0, 0.05) is 5.56 Å². The van der Waals surface area contributed by atoms with Gasteiger partial charge < -0.3 is 5.41 Å². The van der Waals surface area contributed by atoms with Crippen LogP contribution in [0.3, 0.4) is 0 Å². The standard InChI is InChI=1S/C11H13NO/c1-2-3-9-4-6-10(7-5-9)11(13)8-12/h4-8,12H,2-3H2,1H3. The normalized spacial score (nSPS) is 9.62. The molecule has 1 N–H and O–H groups in total. The van der Waals surface area contributed by atoms with Crippen molar-refractivity contribution in [2.24, 2.45) is 0 Å². The molecule has 0 atom stereocenters. The van der Waals surface area contributed by atoms with Gasteiger partial charge in [0.15, 0.2) is 0 Å². The zero-order valence-corrected chi connectivity index (χ0v) is 7.71. The monoisotopic (exact) mass is 175 g/mol. The molecule has 0 spiro atoms. The molecular weight excluding hydrogens is 162 g/mol. The van der Waals surface area contributed by atoms with Crippen molar-refractivity contribution in [3.63, 3.8) is 0 Å². The second-order valence-corrected chi connectivity index (χ2v) is 2.96. The fourth-order valence-electron chi connectivity index (χ4n) is 1.21. The van der Waals surface area contributed by atoms with Crippen molar-refractivity contribution in [1.29, 1.82) is 5.41 Å². The maximum atomic E-state index is 11.0. The van der Waals surface area contributed by atoms with E-state index in [4.69, 9.17) is 5.41 Å². The van der Waals surface area contributed by atoms with E-state index in [1.54, 1.807) is 12.1 Å². The molecule has 0 aliphatic rings. The van der Waals surface area contributed by atoms with Gasteiger partial charge in [0.2, 0.25) is 5.78 Å². The Labute approximate surface area is 78.1 Å². The summed E-state index contributed by atoms with van der Waals surface area (Å²) < 4.78 is 0. The summed E-state index contributed by atoms with van der Waals surface area (Å²) in [6.07, 6.45) is 2.99. The number of Topliss-reactive ketones (excluding diaryl/α,β-unsaturated/α-hetero) is 1. The number of carbonyl (C=O) groups excluding carboxylic acids is 1. The van der Waals surface area contributed by atoms with E-state index in [2.05, 4.69) is 6.92 Å². The van der Waals surface area contributed by atoms with E-state index >= 15 is 0 Å². The second kappa shape index (κ2) is 4.55. The number of benzene rings is 1. The number of ketones is 1. The van der Waals surface area contributed by atoms with E-state index in [9.17, 15) is 4.79 Å². The van der Waals surface area contributed by atoms with Crippen LogP contribution in [0, 0.1) is 5.41 Å². The molecule has 0 unspecified atom stereocenters. The molecule has 1 rings (SSSR count). The second-order valence-electron chi connectivity index (χ2n) is 2.96. The van der Waals surface area contributed by atoms with Crippen LogP contribution in [0.5, 0.6) is 0 Å².